The van der Waals surface area contributed by atoms with E-state index in [1.54, 1.807) is 18.5 Å². The first-order chi connectivity index (χ1) is 13.1. The first-order valence-corrected chi connectivity index (χ1v) is 9.88. The largest absolute Gasteiger partial charge is 0.491 e. The summed E-state index contributed by atoms with van der Waals surface area (Å²) < 4.78 is 6.05. The third-order valence-corrected chi connectivity index (χ3v) is 5.51. The van der Waals surface area contributed by atoms with Gasteiger partial charge in [0.25, 0.3) is 0 Å². The second kappa shape index (κ2) is 7.80. The van der Waals surface area contributed by atoms with E-state index in [2.05, 4.69) is 10.3 Å². The van der Waals surface area contributed by atoms with E-state index in [0.717, 1.165) is 24.0 Å². The smallest absolute Gasteiger partial charge is 0.404 e. The zero-order chi connectivity index (χ0) is 20.5. The van der Waals surface area contributed by atoms with Gasteiger partial charge in [-0.1, -0.05) is 44.0 Å². The van der Waals surface area contributed by atoms with Crippen LogP contribution in [0.5, 0.6) is 5.75 Å². The molecule has 28 heavy (non-hydrogen) atoms. The second-order valence-electron chi connectivity index (χ2n) is 8.47. The van der Waals surface area contributed by atoms with Gasteiger partial charge < -0.3 is 15.2 Å². The van der Waals surface area contributed by atoms with E-state index in [1.807, 2.05) is 39.0 Å². The predicted molar refractivity (Wildman–Crippen MR) is 111 cm³/mol. The maximum absolute atomic E-state index is 11.3. The third-order valence-electron chi connectivity index (χ3n) is 5.07. The molecule has 150 valence electrons. The van der Waals surface area contributed by atoms with Crippen LogP contribution in [0, 0.1) is 10.8 Å². The van der Waals surface area contributed by atoms with Crippen molar-refractivity contribution in [3.05, 3.63) is 46.7 Å². The molecule has 2 N–H and O–H groups in total. The quantitative estimate of drug-likeness (QED) is 0.607. The Hall–Kier alpha value is -1.98. The molecule has 1 aliphatic carbocycles. The van der Waals surface area contributed by atoms with Crippen LogP contribution in [0.3, 0.4) is 0 Å². The van der Waals surface area contributed by atoms with E-state index in [9.17, 15) is 9.90 Å². The third kappa shape index (κ3) is 4.89. The first kappa shape index (κ1) is 20.7. The molecule has 1 unspecified atom stereocenters. The number of nitrogens with zero attached hydrogens (tertiary/aromatic N) is 1. The molecule has 0 bridgehead atoms. The van der Waals surface area contributed by atoms with Gasteiger partial charge in [-0.3, -0.25) is 4.98 Å². The highest BCUT2D eigenvalue weighted by Gasteiger charge is 2.54. The minimum atomic E-state index is -1.01. The van der Waals surface area contributed by atoms with Gasteiger partial charge in [-0.2, -0.15) is 0 Å². The van der Waals surface area contributed by atoms with Crippen LogP contribution in [-0.2, 0) is 0 Å². The zero-order valence-corrected chi connectivity index (χ0v) is 17.6. The molecule has 0 saturated heterocycles. The monoisotopic (exact) mass is 422 g/mol. The highest BCUT2D eigenvalue weighted by Crippen LogP contribution is 2.53. The molecule has 3 rings (SSSR count). The van der Waals surface area contributed by atoms with E-state index >= 15 is 0 Å². The van der Waals surface area contributed by atoms with E-state index in [0.29, 0.717) is 22.4 Å². The molecule has 0 spiro atoms. The van der Waals surface area contributed by atoms with Crippen LogP contribution in [0.15, 0.2) is 36.7 Å². The van der Waals surface area contributed by atoms with Crippen LogP contribution < -0.4 is 10.1 Å². The van der Waals surface area contributed by atoms with Gasteiger partial charge in [-0.15, -0.1) is 0 Å². The summed E-state index contributed by atoms with van der Waals surface area (Å²) in [5.74, 6) is 0.628. The van der Waals surface area contributed by atoms with Crippen molar-refractivity contribution >= 4 is 29.3 Å². The molecule has 1 saturated carbocycles. The molecular weight excluding hydrogens is 399 g/mol. The highest BCUT2D eigenvalue weighted by atomic mass is 35.5. The standard InChI is InChI=1S/C21H24Cl2N2O3/c1-20(2,3)18(25-19(26)27)21(4-5-21)12-28-17-8-14(10-24-11-17)13-6-15(22)9-16(23)7-13/h6-11,18,25H,4-5,12H2,1-3H3,(H,26,27). The summed E-state index contributed by atoms with van der Waals surface area (Å²) in [4.78, 5) is 15.5. The summed E-state index contributed by atoms with van der Waals surface area (Å²) in [6, 6.07) is 7.02. The Morgan fingerprint density at radius 3 is 2.36 bits per heavy atom. The van der Waals surface area contributed by atoms with Crippen molar-refractivity contribution in [3.63, 3.8) is 0 Å². The summed E-state index contributed by atoms with van der Waals surface area (Å²) in [6.07, 6.45) is 4.22. The minimum Gasteiger partial charge on any atom is -0.491 e. The number of halogens is 2. The van der Waals surface area contributed by atoms with Gasteiger partial charge >= 0.3 is 6.09 Å². The SMILES string of the molecule is CC(C)(C)C(NC(=O)O)C1(COc2cncc(-c3cc(Cl)cc(Cl)c3)c2)CC1. The lowest BCUT2D eigenvalue weighted by molar-refractivity contribution is 0.111. The van der Waals surface area contributed by atoms with Crippen LogP contribution in [0.1, 0.15) is 33.6 Å². The Bertz CT molecular complexity index is 856. The fraction of sp³-hybridized carbons (Fsp3) is 0.429. The Morgan fingerprint density at radius 2 is 1.82 bits per heavy atom. The van der Waals surface area contributed by atoms with Crippen LogP contribution >= 0.6 is 23.2 Å². The predicted octanol–water partition coefficient (Wildman–Crippen LogP) is 5.90. The molecule has 1 aromatic carbocycles. The van der Waals surface area contributed by atoms with Crippen molar-refractivity contribution < 1.29 is 14.6 Å². The van der Waals surface area contributed by atoms with Crippen molar-refractivity contribution in [2.24, 2.45) is 10.8 Å². The van der Waals surface area contributed by atoms with Crippen LogP contribution in [0.25, 0.3) is 11.1 Å². The highest BCUT2D eigenvalue weighted by molar-refractivity contribution is 6.35. The summed E-state index contributed by atoms with van der Waals surface area (Å²) >= 11 is 12.2. The van der Waals surface area contributed by atoms with Gasteiger partial charge in [0, 0.05) is 33.3 Å². The number of hydrogen-bond donors (Lipinski definition) is 2. The summed E-state index contributed by atoms with van der Waals surface area (Å²) in [7, 11) is 0. The molecule has 2 aromatic rings. The maximum Gasteiger partial charge on any atom is 0.404 e. The Kier molecular flexibility index (Phi) is 5.78. The fourth-order valence-electron chi connectivity index (χ4n) is 3.69. The minimum absolute atomic E-state index is 0.194. The average Bonchev–Trinajstić information content (AvgIpc) is 3.37. The average molecular weight is 423 g/mol. The summed E-state index contributed by atoms with van der Waals surface area (Å²) in [6.45, 7) is 6.55. The van der Waals surface area contributed by atoms with Crippen molar-refractivity contribution in [2.75, 3.05) is 6.61 Å². The second-order valence-corrected chi connectivity index (χ2v) is 9.34. The van der Waals surface area contributed by atoms with Gasteiger partial charge in [-0.05, 0) is 48.1 Å². The van der Waals surface area contributed by atoms with Gasteiger partial charge in [0.05, 0.1) is 12.8 Å². The van der Waals surface area contributed by atoms with Crippen molar-refractivity contribution in [1.82, 2.24) is 10.3 Å². The Balaban J connectivity index is 1.77. The molecule has 1 fully saturated rings. The molecule has 0 radical (unpaired) electrons. The molecule has 1 heterocycles. The number of benzene rings is 1. The molecule has 1 atom stereocenters. The van der Waals surface area contributed by atoms with Crippen LogP contribution in [0.2, 0.25) is 10.0 Å². The van der Waals surface area contributed by atoms with E-state index in [-0.39, 0.29) is 16.9 Å². The molecule has 7 heteroatoms. The Morgan fingerprint density at radius 1 is 1.18 bits per heavy atom. The van der Waals surface area contributed by atoms with Gasteiger partial charge in [0.15, 0.2) is 0 Å². The van der Waals surface area contributed by atoms with Gasteiger partial charge in [0.2, 0.25) is 0 Å². The van der Waals surface area contributed by atoms with Crippen LogP contribution in [0.4, 0.5) is 4.79 Å². The lowest BCUT2D eigenvalue weighted by Crippen LogP contribution is -2.51. The number of pyridine rings is 1. The first-order valence-electron chi connectivity index (χ1n) is 9.13. The molecular formula is C21H24Cl2N2O3. The van der Waals surface area contributed by atoms with Gasteiger partial charge in [0.1, 0.15) is 5.75 Å². The number of aromatic nitrogens is 1. The number of ether oxygens (including phenoxy) is 1. The van der Waals surface area contributed by atoms with E-state index < -0.39 is 6.09 Å². The number of carboxylic acid groups (broad SMARTS) is 1. The maximum atomic E-state index is 11.3. The molecule has 0 aliphatic heterocycles. The zero-order valence-electron chi connectivity index (χ0n) is 16.1. The molecule has 1 aliphatic rings. The van der Waals surface area contributed by atoms with Crippen molar-refractivity contribution in [1.29, 1.82) is 0 Å². The summed E-state index contributed by atoms with van der Waals surface area (Å²) in [5, 5.41) is 13.1. The lowest BCUT2D eigenvalue weighted by Gasteiger charge is -2.37. The lowest BCUT2D eigenvalue weighted by atomic mass is 9.77. The van der Waals surface area contributed by atoms with Gasteiger partial charge in [-0.25, -0.2) is 4.79 Å². The van der Waals surface area contributed by atoms with Crippen LogP contribution in [-0.4, -0.2) is 28.8 Å². The van der Waals surface area contributed by atoms with Crippen molar-refractivity contribution in [3.8, 4) is 16.9 Å². The topological polar surface area (TPSA) is 71.5 Å². The number of hydrogen-bond acceptors (Lipinski definition) is 3. The van der Waals surface area contributed by atoms with E-state index in [4.69, 9.17) is 27.9 Å². The Labute approximate surface area is 175 Å². The molecule has 1 amide bonds. The van der Waals surface area contributed by atoms with Crippen molar-refractivity contribution in [2.45, 2.75) is 39.7 Å². The number of carbonyl (C=O) groups is 1. The number of amides is 1. The number of rotatable bonds is 6. The number of nitrogens with one attached hydrogen (secondary N) is 1. The van der Waals surface area contributed by atoms with E-state index in [1.165, 1.54) is 0 Å². The normalized spacial score (nSPS) is 16.3. The summed E-state index contributed by atoms with van der Waals surface area (Å²) in [5.41, 5.74) is 1.29. The fourth-order valence-corrected chi connectivity index (χ4v) is 4.22. The molecule has 1 aromatic heterocycles. The molecule has 5 nitrogen and oxygen atoms in total.